The van der Waals surface area contributed by atoms with Gasteiger partial charge >= 0.3 is 0 Å². The van der Waals surface area contributed by atoms with Gasteiger partial charge in [-0.25, -0.2) is 4.98 Å². The van der Waals surface area contributed by atoms with Crippen molar-refractivity contribution in [1.82, 2.24) is 10.3 Å². The van der Waals surface area contributed by atoms with E-state index in [4.69, 9.17) is 34.8 Å². The van der Waals surface area contributed by atoms with Gasteiger partial charge in [0.15, 0.2) is 5.13 Å². The summed E-state index contributed by atoms with van der Waals surface area (Å²) in [7, 11) is 0. The van der Waals surface area contributed by atoms with Crippen LogP contribution < -0.4 is 16.0 Å². The van der Waals surface area contributed by atoms with Gasteiger partial charge in [-0.2, -0.15) is 0 Å². The number of benzene rings is 4. The number of carbonyl (C=O) groups is 3. The molecule has 1 heterocycles. The molecule has 7 nitrogen and oxygen atoms in total. The molecular weight excluding hydrogens is 683 g/mol. The summed E-state index contributed by atoms with van der Waals surface area (Å²) in [6, 6.07) is 27.9. The standard InChI is InChI=1S/C34H25Cl3N4O3S2/c1-20(31(42)41-34-40-30(19-45-34)24-13-5-6-14-26(24)35)46-23-12-7-11-22(17-23)38-33(44)29(18-25-27(36)15-8-16-28(25)37)39-32(43)21-9-3-2-4-10-21/h2-20H,1H3,(H,38,44)(H,39,43)(H,40,41,42)/b29-18+. The number of hydrogen-bond acceptors (Lipinski definition) is 6. The van der Waals surface area contributed by atoms with E-state index in [0.717, 1.165) is 10.5 Å². The molecule has 1 aromatic heterocycles. The molecule has 46 heavy (non-hydrogen) atoms. The molecule has 3 N–H and O–H groups in total. The first kappa shape index (κ1) is 33.2. The van der Waals surface area contributed by atoms with Crippen molar-refractivity contribution in [3.8, 4) is 11.3 Å². The summed E-state index contributed by atoms with van der Waals surface area (Å²) in [6.07, 6.45) is 1.43. The molecule has 0 radical (unpaired) electrons. The zero-order valence-electron chi connectivity index (χ0n) is 24.1. The van der Waals surface area contributed by atoms with Gasteiger partial charge in [-0.15, -0.1) is 23.1 Å². The fourth-order valence-corrected chi connectivity index (χ4v) is 6.55. The number of nitrogens with zero attached hydrogens (tertiary/aromatic N) is 1. The topological polar surface area (TPSA) is 100 Å². The smallest absolute Gasteiger partial charge is 0.272 e. The van der Waals surface area contributed by atoms with Crippen LogP contribution in [0.4, 0.5) is 10.8 Å². The molecule has 5 aromatic rings. The highest BCUT2D eigenvalue weighted by molar-refractivity contribution is 8.00. The number of halogens is 3. The van der Waals surface area contributed by atoms with Gasteiger partial charge < -0.3 is 16.0 Å². The quantitative estimate of drug-likeness (QED) is 0.0993. The lowest BCUT2D eigenvalue weighted by molar-refractivity contribution is -0.115. The van der Waals surface area contributed by atoms with Crippen molar-refractivity contribution in [3.05, 3.63) is 134 Å². The van der Waals surface area contributed by atoms with Crippen LogP contribution in [0.3, 0.4) is 0 Å². The first-order chi connectivity index (χ1) is 22.2. The third-order valence-corrected chi connectivity index (χ3v) is 9.32. The molecule has 5 rings (SSSR count). The third kappa shape index (κ3) is 8.57. The van der Waals surface area contributed by atoms with Crippen molar-refractivity contribution >= 4 is 92.5 Å². The molecule has 0 fully saturated rings. The lowest BCUT2D eigenvalue weighted by Crippen LogP contribution is -2.30. The zero-order chi connectivity index (χ0) is 32.6. The average molecular weight is 708 g/mol. The Hall–Kier alpha value is -4.12. The highest BCUT2D eigenvalue weighted by atomic mass is 35.5. The van der Waals surface area contributed by atoms with E-state index in [1.54, 1.807) is 79.7 Å². The lowest BCUT2D eigenvalue weighted by Gasteiger charge is -2.14. The van der Waals surface area contributed by atoms with E-state index >= 15 is 0 Å². The van der Waals surface area contributed by atoms with E-state index in [-0.39, 0.29) is 11.6 Å². The number of thiazole rings is 1. The molecule has 3 amide bonds. The highest BCUT2D eigenvalue weighted by Gasteiger charge is 2.19. The molecule has 1 unspecified atom stereocenters. The van der Waals surface area contributed by atoms with Gasteiger partial charge in [0.1, 0.15) is 5.70 Å². The molecule has 0 spiro atoms. The normalized spacial score (nSPS) is 11.9. The van der Waals surface area contributed by atoms with Gasteiger partial charge in [0.05, 0.1) is 10.9 Å². The predicted molar refractivity (Wildman–Crippen MR) is 190 cm³/mol. The van der Waals surface area contributed by atoms with Gasteiger partial charge in [-0.1, -0.05) is 83.3 Å². The summed E-state index contributed by atoms with van der Waals surface area (Å²) in [5.41, 5.74) is 2.61. The maximum atomic E-state index is 13.5. The first-order valence-electron chi connectivity index (χ1n) is 13.8. The van der Waals surface area contributed by atoms with Crippen molar-refractivity contribution in [1.29, 1.82) is 0 Å². The number of carbonyl (C=O) groups excluding carboxylic acids is 3. The van der Waals surface area contributed by atoms with Gasteiger partial charge in [0.25, 0.3) is 11.8 Å². The summed E-state index contributed by atoms with van der Waals surface area (Å²) >= 11 is 21.6. The zero-order valence-corrected chi connectivity index (χ0v) is 28.0. The van der Waals surface area contributed by atoms with Crippen LogP contribution in [0.15, 0.2) is 113 Å². The van der Waals surface area contributed by atoms with Gasteiger partial charge in [0, 0.05) is 47.7 Å². The van der Waals surface area contributed by atoms with Crippen LogP contribution >= 0.6 is 57.9 Å². The second-order valence-electron chi connectivity index (χ2n) is 9.76. The Kier molecular flexibility index (Phi) is 11.2. The van der Waals surface area contributed by atoms with Crippen LogP contribution in [0.25, 0.3) is 17.3 Å². The Balaban J connectivity index is 1.28. The monoisotopic (exact) mass is 706 g/mol. The van der Waals surface area contributed by atoms with E-state index in [1.807, 2.05) is 29.6 Å². The van der Waals surface area contributed by atoms with Crippen molar-refractivity contribution in [3.63, 3.8) is 0 Å². The Morgan fingerprint density at radius 3 is 2.24 bits per heavy atom. The number of thioether (sulfide) groups is 1. The third-order valence-electron chi connectivity index (χ3n) is 6.48. The van der Waals surface area contributed by atoms with Gasteiger partial charge in [0.2, 0.25) is 5.91 Å². The molecule has 1 atom stereocenters. The van der Waals surface area contributed by atoms with Crippen LogP contribution in [0.1, 0.15) is 22.8 Å². The largest absolute Gasteiger partial charge is 0.321 e. The van der Waals surface area contributed by atoms with E-state index in [9.17, 15) is 14.4 Å². The van der Waals surface area contributed by atoms with E-state index in [0.29, 0.717) is 42.7 Å². The number of rotatable bonds is 10. The maximum Gasteiger partial charge on any atom is 0.272 e. The number of nitrogens with one attached hydrogen (secondary N) is 3. The van der Waals surface area contributed by atoms with Gasteiger partial charge in [-0.3, -0.25) is 14.4 Å². The second kappa shape index (κ2) is 15.4. The summed E-state index contributed by atoms with van der Waals surface area (Å²) in [5, 5.41) is 11.4. The van der Waals surface area contributed by atoms with E-state index < -0.39 is 17.1 Å². The minimum absolute atomic E-state index is 0.0609. The first-order valence-corrected chi connectivity index (χ1v) is 16.7. The minimum Gasteiger partial charge on any atom is -0.321 e. The van der Waals surface area contributed by atoms with Crippen molar-refractivity contribution in [2.75, 3.05) is 10.6 Å². The van der Waals surface area contributed by atoms with Crippen LogP contribution in [0.2, 0.25) is 15.1 Å². The van der Waals surface area contributed by atoms with E-state index in [1.165, 1.54) is 29.2 Å². The predicted octanol–water partition coefficient (Wildman–Crippen LogP) is 9.30. The molecule has 0 bridgehead atoms. The van der Waals surface area contributed by atoms with Crippen molar-refractivity contribution in [2.24, 2.45) is 0 Å². The fourth-order valence-electron chi connectivity index (χ4n) is 4.17. The number of amides is 3. The van der Waals surface area contributed by atoms with Crippen LogP contribution in [-0.4, -0.2) is 28.0 Å². The Morgan fingerprint density at radius 1 is 0.826 bits per heavy atom. The molecule has 0 saturated heterocycles. The Bertz CT molecular complexity index is 1910. The molecule has 0 aliphatic heterocycles. The molecule has 0 aliphatic rings. The molecular formula is C34H25Cl3N4O3S2. The van der Waals surface area contributed by atoms with Crippen LogP contribution in [0.5, 0.6) is 0 Å². The van der Waals surface area contributed by atoms with Crippen LogP contribution in [0, 0.1) is 0 Å². The van der Waals surface area contributed by atoms with E-state index in [2.05, 4.69) is 20.9 Å². The molecule has 4 aromatic carbocycles. The molecule has 232 valence electrons. The number of aromatic nitrogens is 1. The molecule has 0 saturated carbocycles. The van der Waals surface area contributed by atoms with Crippen LogP contribution in [-0.2, 0) is 9.59 Å². The Labute approximate surface area is 289 Å². The highest BCUT2D eigenvalue weighted by Crippen LogP contribution is 2.32. The summed E-state index contributed by atoms with van der Waals surface area (Å²) in [5.74, 6) is -1.30. The fraction of sp³-hybridized carbons (Fsp3) is 0.0588. The van der Waals surface area contributed by atoms with Gasteiger partial charge in [-0.05, 0) is 61.5 Å². The summed E-state index contributed by atoms with van der Waals surface area (Å²) < 4.78 is 0. The van der Waals surface area contributed by atoms with Crippen molar-refractivity contribution < 1.29 is 14.4 Å². The minimum atomic E-state index is -0.591. The second-order valence-corrected chi connectivity index (χ2v) is 13.3. The maximum absolute atomic E-state index is 13.5. The number of anilines is 2. The Morgan fingerprint density at radius 2 is 1.50 bits per heavy atom. The molecule has 0 aliphatic carbocycles. The summed E-state index contributed by atoms with van der Waals surface area (Å²) in [6.45, 7) is 1.78. The summed E-state index contributed by atoms with van der Waals surface area (Å²) in [4.78, 5) is 44.7. The van der Waals surface area contributed by atoms with Crippen molar-refractivity contribution in [2.45, 2.75) is 17.1 Å². The lowest BCUT2D eigenvalue weighted by atomic mass is 10.1. The number of hydrogen-bond donors (Lipinski definition) is 3. The SMILES string of the molecule is CC(Sc1cccc(NC(=O)/C(=C\c2c(Cl)cccc2Cl)NC(=O)c2ccccc2)c1)C(=O)Nc1nc(-c2ccccc2Cl)cs1. The average Bonchev–Trinajstić information content (AvgIpc) is 3.51. The molecule has 12 heteroatoms.